The van der Waals surface area contributed by atoms with Gasteiger partial charge in [0, 0.05) is 10.6 Å². The molecule has 1 amide bonds. The Hall–Kier alpha value is -1.90. The molecule has 0 saturated heterocycles. The van der Waals surface area contributed by atoms with Crippen molar-refractivity contribution in [2.45, 2.75) is 32.9 Å². The summed E-state index contributed by atoms with van der Waals surface area (Å²) in [5.74, 6) is -0.556. The standard InChI is InChI=1S/C17H18IN3O3/c1-17(2,3)24-16(23)14-12-8-20(4)15(22)13-10(18)6-5-7-11(13)21(12)9-19-14/h5-7,9H,8H2,1-4H3. The van der Waals surface area contributed by atoms with Crippen molar-refractivity contribution in [3.63, 3.8) is 0 Å². The molecular formula is C17H18IN3O3. The first kappa shape index (κ1) is 16.9. The van der Waals surface area contributed by atoms with Gasteiger partial charge in [-0.1, -0.05) is 6.07 Å². The molecule has 1 aromatic carbocycles. The van der Waals surface area contributed by atoms with Crippen molar-refractivity contribution >= 4 is 34.5 Å². The van der Waals surface area contributed by atoms with Gasteiger partial charge in [0.1, 0.15) is 11.9 Å². The summed E-state index contributed by atoms with van der Waals surface area (Å²) in [5, 5.41) is 0. The lowest BCUT2D eigenvalue weighted by molar-refractivity contribution is 0.00608. The molecule has 0 aliphatic carbocycles. The maximum absolute atomic E-state index is 12.7. The molecule has 0 fully saturated rings. The van der Waals surface area contributed by atoms with E-state index >= 15 is 0 Å². The van der Waals surface area contributed by atoms with Gasteiger partial charge in [-0.15, -0.1) is 0 Å². The lowest BCUT2D eigenvalue weighted by Gasteiger charge is -2.19. The Labute approximate surface area is 153 Å². The molecule has 2 aromatic rings. The molecule has 0 saturated carbocycles. The highest BCUT2D eigenvalue weighted by atomic mass is 127. The maximum atomic E-state index is 12.7. The van der Waals surface area contributed by atoms with E-state index in [0.717, 1.165) is 9.26 Å². The molecule has 1 aliphatic heterocycles. The second kappa shape index (κ2) is 5.87. The first-order valence-electron chi connectivity index (χ1n) is 7.53. The largest absolute Gasteiger partial charge is 0.455 e. The van der Waals surface area contributed by atoms with Crippen LogP contribution in [0.4, 0.5) is 0 Å². The fourth-order valence-corrected chi connectivity index (χ4v) is 3.36. The van der Waals surface area contributed by atoms with Crippen LogP contribution in [0.3, 0.4) is 0 Å². The number of fused-ring (bicyclic) bond motifs is 3. The van der Waals surface area contributed by atoms with E-state index in [1.54, 1.807) is 22.8 Å². The van der Waals surface area contributed by atoms with Gasteiger partial charge < -0.3 is 9.64 Å². The van der Waals surface area contributed by atoms with E-state index in [4.69, 9.17) is 4.74 Å². The van der Waals surface area contributed by atoms with Gasteiger partial charge >= 0.3 is 5.97 Å². The van der Waals surface area contributed by atoms with Crippen LogP contribution in [-0.2, 0) is 11.3 Å². The maximum Gasteiger partial charge on any atom is 0.359 e. The quantitative estimate of drug-likeness (QED) is 0.507. The zero-order chi connectivity index (χ0) is 17.6. The minimum Gasteiger partial charge on any atom is -0.455 e. The monoisotopic (exact) mass is 439 g/mol. The average molecular weight is 439 g/mol. The summed E-state index contributed by atoms with van der Waals surface area (Å²) < 4.78 is 8.11. The molecule has 0 spiro atoms. The van der Waals surface area contributed by atoms with Crippen LogP contribution < -0.4 is 0 Å². The van der Waals surface area contributed by atoms with Crippen LogP contribution in [0.25, 0.3) is 5.69 Å². The molecular weight excluding hydrogens is 421 g/mol. The van der Waals surface area contributed by atoms with E-state index in [-0.39, 0.29) is 18.1 Å². The third-order valence-corrected chi connectivity index (χ3v) is 4.56. The first-order chi connectivity index (χ1) is 11.2. The van der Waals surface area contributed by atoms with E-state index < -0.39 is 11.6 Å². The van der Waals surface area contributed by atoms with Gasteiger partial charge in [0.2, 0.25) is 0 Å². The van der Waals surface area contributed by atoms with Gasteiger partial charge in [0.25, 0.3) is 5.91 Å². The minimum atomic E-state index is -0.604. The number of nitrogens with zero attached hydrogens (tertiary/aromatic N) is 3. The highest BCUT2D eigenvalue weighted by molar-refractivity contribution is 14.1. The van der Waals surface area contributed by atoms with E-state index in [0.29, 0.717) is 11.3 Å². The Morgan fingerprint density at radius 1 is 1.33 bits per heavy atom. The Morgan fingerprint density at radius 3 is 2.71 bits per heavy atom. The number of esters is 1. The summed E-state index contributed by atoms with van der Waals surface area (Å²) in [7, 11) is 1.72. The summed E-state index contributed by atoms with van der Waals surface area (Å²) >= 11 is 2.15. The zero-order valence-electron chi connectivity index (χ0n) is 14.0. The number of imidazole rings is 1. The van der Waals surface area contributed by atoms with Crippen LogP contribution in [-0.4, -0.2) is 39.0 Å². The van der Waals surface area contributed by atoms with Crippen LogP contribution in [0, 0.1) is 3.57 Å². The second-order valence-corrected chi connectivity index (χ2v) is 7.87. The topological polar surface area (TPSA) is 64.4 Å². The molecule has 126 valence electrons. The highest BCUT2D eigenvalue weighted by Crippen LogP contribution is 2.29. The van der Waals surface area contributed by atoms with E-state index in [1.165, 1.54) is 0 Å². The molecule has 3 rings (SSSR count). The predicted molar refractivity (Wildman–Crippen MR) is 97.2 cm³/mol. The number of hydrogen-bond donors (Lipinski definition) is 0. The van der Waals surface area contributed by atoms with Crippen molar-refractivity contribution in [3.8, 4) is 5.69 Å². The summed E-state index contributed by atoms with van der Waals surface area (Å²) in [5.41, 5.74) is 1.64. The Kier molecular flexibility index (Phi) is 4.15. The third-order valence-electron chi connectivity index (χ3n) is 3.66. The van der Waals surface area contributed by atoms with Crippen molar-refractivity contribution < 1.29 is 14.3 Å². The molecule has 7 heteroatoms. The van der Waals surface area contributed by atoms with Crippen molar-refractivity contribution in [1.29, 1.82) is 0 Å². The van der Waals surface area contributed by atoms with Crippen LogP contribution in [0.15, 0.2) is 24.5 Å². The van der Waals surface area contributed by atoms with Gasteiger partial charge in [-0.3, -0.25) is 9.36 Å². The molecule has 1 aliphatic rings. The van der Waals surface area contributed by atoms with Crippen LogP contribution in [0.2, 0.25) is 0 Å². The molecule has 2 heterocycles. The van der Waals surface area contributed by atoms with E-state index in [1.807, 2.05) is 39.0 Å². The second-order valence-electron chi connectivity index (χ2n) is 6.71. The predicted octanol–water partition coefficient (Wildman–Crippen LogP) is 3.02. The summed E-state index contributed by atoms with van der Waals surface area (Å²) in [6.07, 6.45) is 1.58. The number of ether oxygens (including phenoxy) is 1. The van der Waals surface area contributed by atoms with Crippen molar-refractivity contribution in [1.82, 2.24) is 14.5 Å². The summed E-state index contributed by atoms with van der Waals surface area (Å²) in [6, 6.07) is 5.64. The first-order valence-corrected chi connectivity index (χ1v) is 8.61. The molecule has 1 aromatic heterocycles. The molecule has 0 atom stereocenters. The van der Waals surface area contributed by atoms with Gasteiger partial charge in [-0.05, 0) is 55.5 Å². The van der Waals surface area contributed by atoms with Crippen molar-refractivity contribution in [2.75, 3.05) is 7.05 Å². The van der Waals surface area contributed by atoms with Crippen LogP contribution in [0.5, 0.6) is 0 Å². The Morgan fingerprint density at radius 2 is 2.04 bits per heavy atom. The Balaban J connectivity index is 2.16. The van der Waals surface area contributed by atoms with Gasteiger partial charge in [-0.25, -0.2) is 9.78 Å². The number of benzene rings is 1. The highest BCUT2D eigenvalue weighted by Gasteiger charge is 2.31. The van der Waals surface area contributed by atoms with Crippen molar-refractivity contribution in [2.24, 2.45) is 0 Å². The number of rotatable bonds is 1. The number of carbonyl (C=O) groups is 2. The number of aromatic nitrogens is 2. The minimum absolute atomic E-state index is 0.0751. The molecule has 0 bridgehead atoms. The number of halogens is 1. The van der Waals surface area contributed by atoms with Gasteiger partial charge in [0.05, 0.1) is 23.5 Å². The SMILES string of the molecule is CN1Cc2c(C(=O)OC(C)(C)C)ncn2-c2cccc(I)c2C1=O. The van der Waals surface area contributed by atoms with E-state index in [9.17, 15) is 9.59 Å². The normalized spacial score (nSPS) is 14.0. The molecule has 6 nitrogen and oxygen atoms in total. The lowest BCUT2D eigenvalue weighted by atomic mass is 10.1. The Bertz CT molecular complexity index is 836. The summed E-state index contributed by atoms with van der Waals surface area (Å²) in [4.78, 5) is 31.0. The third kappa shape index (κ3) is 2.92. The summed E-state index contributed by atoms with van der Waals surface area (Å²) in [6.45, 7) is 5.73. The fourth-order valence-electron chi connectivity index (χ4n) is 2.64. The fraction of sp³-hybridized carbons (Fsp3) is 0.353. The van der Waals surface area contributed by atoms with Crippen LogP contribution in [0.1, 0.15) is 47.3 Å². The number of amides is 1. The number of carbonyl (C=O) groups excluding carboxylic acids is 2. The number of hydrogen-bond acceptors (Lipinski definition) is 4. The molecule has 24 heavy (non-hydrogen) atoms. The molecule has 0 radical (unpaired) electrons. The van der Waals surface area contributed by atoms with Crippen molar-refractivity contribution in [3.05, 3.63) is 45.0 Å². The zero-order valence-corrected chi connectivity index (χ0v) is 16.1. The van der Waals surface area contributed by atoms with Crippen LogP contribution >= 0.6 is 22.6 Å². The molecule has 0 N–H and O–H groups in total. The average Bonchev–Trinajstić information content (AvgIpc) is 2.83. The van der Waals surface area contributed by atoms with Gasteiger partial charge in [-0.2, -0.15) is 0 Å². The lowest BCUT2D eigenvalue weighted by Crippen LogP contribution is -2.28. The smallest absolute Gasteiger partial charge is 0.359 e. The van der Waals surface area contributed by atoms with Gasteiger partial charge in [0.15, 0.2) is 5.69 Å². The van der Waals surface area contributed by atoms with E-state index in [2.05, 4.69) is 27.6 Å². The molecule has 0 unspecified atom stereocenters.